The average Bonchev–Trinajstić information content (AvgIpc) is 3.62. The van der Waals surface area contributed by atoms with Gasteiger partial charge in [0.05, 0.1) is 11.7 Å². The van der Waals surface area contributed by atoms with Gasteiger partial charge in [0.25, 0.3) is 5.91 Å². The van der Waals surface area contributed by atoms with Crippen molar-refractivity contribution in [1.82, 2.24) is 19.4 Å². The van der Waals surface area contributed by atoms with Gasteiger partial charge in [0.1, 0.15) is 11.6 Å². The van der Waals surface area contributed by atoms with E-state index >= 15 is 0 Å². The third-order valence-electron chi connectivity index (χ3n) is 7.80. The zero-order valence-electron chi connectivity index (χ0n) is 21.5. The highest BCUT2D eigenvalue weighted by molar-refractivity contribution is 5.99. The van der Waals surface area contributed by atoms with E-state index in [2.05, 4.69) is 44.6 Å². The van der Waals surface area contributed by atoms with Crippen LogP contribution in [-0.2, 0) is 13.0 Å². The predicted octanol–water partition coefficient (Wildman–Crippen LogP) is 6.21. The number of amides is 1. The Labute approximate surface area is 217 Å². The number of carbonyl (C=O) groups excluding carboxylic acids is 1. The molecule has 188 valence electrons. The van der Waals surface area contributed by atoms with Crippen LogP contribution in [0.25, 0.3) is 11.1 Å². The molecular formula is C31H31FN4O. The molecule has 0 unspecified atom stereocenters. The van der Waals surface area contributed by atoms with Gasteiger partial charge in [-0.15, -0.1) is 0 Å². The lowest BCUT2D eigenvalue weighted by atomic mass is 9.86. The van der Waals surface area contributed by atoms with Crippen molar-refractivity contribution in [3.05, 3.63) is 106 Å². The highest BCUT2D eigenvalue weighted by Gasteiger charge is 2.41. The second kappa shape index (κ2) is 9.25. The number of benzene rings is 2. The molecule has 6 rings (SSSR count). The van der Waals surface area contributed by atoms with E-state index < -0.39 is 0 Å². The van der Waals surface area contributed by atoms with Crippen LogP contribution in [0.5, 0.6) is 0 Å². The number of carbonyl (C=O) groups is 1. The average molecular weight is 495 g/mol. The fourth-order valence-electron chi connectivity index (χ4n) is 5.76. The van der Waals surface area contributed by atoms with Crippen LogP contribution in [0.1, 0.15) is 63.0 Å². The molecule has 1 atom stereocenters. The molecule has 1 aliphatic carbocycles. The van der Waals surface area contributed by atoms with E-state index in [9.17, 15) is 9.18 Å². The van der Waals surface area contributed by atoms with Crippen LogP contribution >= 0.6 is 0 Å². The second-order valence-electron chi connectivity index (χ2n) is 10.5. The topological polar surface area (TPSA) is 51.0 Å². The first kappa shape index (κ1) is 23.6. The smallest absolute Gasteiger partial charge is 0.254 e. The van der Waals surface area contributed by atoms with Gasteiger partial charge in [0.15, 0.2) is 0 Å². The number of aromatic nitrogens is 3. The van der Waals surface area contributed by atoms with Crippen LogP contribution in [-0.4, -0.2) is 31.9 Å². The molecule has 1 fully saturated rings. The van der Waals surface area contributed by atoms with Crippen LogP contribution in [0, 0.1) is 32.5 Å². The number of hydrogen-bond donors (Lipinski definition) is 0. The summed E-state index contributed by atoms with van der Waals surface area (Å²) < 4.78 is 16.1. The first-order chi connectivity index (χ1) is 17.9. The molecule has 1 aliphatic heterocycles. The molecule has 3 heterocycles. The minimum atomic E-state index is -0.250. The van der Waals surface area contributed by atoms with Crippen LogP contribution in [0.15, 0.2) is 61.1 Å². The summed E-state index contributed by atoms with van der Waals surface area (Å²) in [6.45, 7) is 7.25. The van der Waals surface area contributed by atoms with E-state index in [-0.39, 0.29) is 17.8 Å². The van der Waals surface area contributed by atoms with Gasteiger partial charge in [0, 0.05) is 37.2 Å². The largest absolute Gasteiger partial charge is 0.331 e. The molecule has 1 amide bonds. The number of rotatable bonds is 6. The number of hydrogen-bond acceptors (Lipinski definition) is 3. The molecule has 1 saturated carbocycles. The molecule has 2 aromatic carbocycles. The zero-order chi connectivity index (χ0) is 25.7. The standard InChI is InChI=1S/C31H31FN4O/c1-19-8-10-34-29(14-19)30(23-4-5-23)36-12-9-26-27(25-7-6-24(32)15-20(25)2)16-22(17-28(26)31(36)37)18-35-13-11-33-21(35)3/h6-8,10-11,13-17,23,30H,4-5,9,12,18H2,1-3H3/t30-/m0/s1. The third-order valence-corrected chi connectivity index (χ3v) is 7.80. The fourth-order valence-corrected chi connectivity index (χ4v) is 5.76. The Morgan fingerprint density at radius 1 is 0.973 bits per heavy atom. The maximum Gasteiger partial charge on any atom is 0.254 e. The Balaban J connectivity index is 1.46. The molecule has 0 bridgehead atoms. The third kappa shape index (κ3) is 4.45. The Morgan fingerprint density at radius 3 is 2.49 bits per heavy atom. The lowest BCUT2D eigenvalue weighted by molar-refractivity contribution is 0.0627. The van der Waals surface area contributed by atoms with Gasteiger partial charge in [-0.1, -0.05) is 6.07 Å². The maximum absolute atomic E-state index is 14.2. The lowest BCUT2D eigenvalue weighted by Gasteiger charge is -2.36. The fraction of sp³-hybridized carbons (Fsp3) is 0.323. The quantitative estimate of drug-likeness (QED) is 0.320. The Bertz CT molecular complexity index is 1500. The van der Waals surface area contributed by atoms with Crippen LogP contribution in [0.4, 0.5) is 4.39 Å². The van der Waals surface area contributed by atoms with Crippen molar-refractivity contribution in [1.29, 1.82) is 0 Å². The van der Waals surface area contributed by atoms with E-state index in [1.54, 1.807) is 12.3 Å². The van der Waals surface area contributed by atoms with Gasteiger partial charge in [-0.25, -0.2) is 9.37 Å². The van der Waals surface area contributed by atoms with Crippen molar-refractivity contribution in [3.8, 4) is 11.1 Å². The maximum atomic E-state index is 14.2. The Hall–Kier alpha value is -3.80. The van der Waals surface area contributed by atoms with Gasteiger partial charge in [-0.2, -0.15) is 0 Å². The van der Waals surface area contributed by atoms with Crippen LogP contribution in [0.3, 0.4) is 0 Å². The predicted molar refractivity (Wildman–Crippen MR) is 142 cm³/mol. The summed E-state index contributed by atoms with van der Waals surface area (Å²) in [5, 5.41) is 0. The molecule has 0 spiro atoms. The number of pyridine rings is 1. The monoisotopic (exact) mass is 494 g/mol. The molecule has 5 nitrogen and oxygen atoms in total. The van der Waals surface area contributed by atoms with E-state index in [4.69, 9.17) is 0 Å². The van der Waals surface area contributed by atoms with E-state index in [0.29, 0.717) is 19.0 Å². The summed E-state index contributed by atoms with van der Waals surface area (Å²) in [6.07, 6.45) is 8.60. The minimum Gasteiger partial charge on any atom is -0.331 e. The molecule has 0 radical (unpaired) electrons. The number of fused-ring (bicyclic) bond motifs is 1. The van der Waals surface area contributed by atoms with E-state index in [0.717, 1.165) is 69.7 Å². The van der Waals surface area contributed by atoms with Gasteiger partial charge < -0.3 is 9.47 Å². The van der Waals surface area contributed by atoms with Crippen molar-refractivity contribution in [2.75, 3.05) is 6.54 Å². The summed E-state index contributed by atoms with van der Waals surface area (Å²) in [4.78, 5) is 25.3. The molecule has 37 heavy (non-hydrogen) atoms. The Morgan fingerprint density at radius 2 is 1.78 bits per heavy atom. The summed E-state index contributed by atoms with van der Waals surface area (Å²) in [5.74, 6) is 1.19. The van der Waals surface area contributed by atoms with Crippen molar-refractivity contribution in [2.45, 2.75) is 52.6 Å². The van der Waals surface area contributed by atoms with Gasteiger partial charge >= 0.3 is 0 Å². The Kier molecular flexibility index (Phi) is 5.90. The highest BCUT2D eigenvalue weighted by Crippen LogP contribution is 2.46. The molecule has 0 saturated heterocycles. The SMILES string of the molecule is Cc1ccnc([C@H](C2CC2)N2CCc3c(cc(Cn4ccnc4C)cc3-c3ccc(F)cc3C)C2=O)c1. The molecule has 6 heteroatoms. The van der Waals surface area contributed by atoms with E-state index in [1.807, 2.05) is 38.4 Å². The lowest BCUT2D eigenvalue weighted by Crippen LogP contribution is -2.41. The molecule has 4 aromatic rings. The molecule has 2 aromatic heterocycles. The normalized spacial score (nSPS) is 16.1. The van der Waals surface area contributed by atoms with Gasteiger partial charge in [-0.3, -0.25) is 9.78 Å². The first-order valence-electron chi connectivity index (χ1n) is 13.0. The second-order valence-corrected chi connectivity index (χ2v) is 10.5. The van der Waals surface area contributed by atoms with Crippen molar-refractivity contribution in [3.63, 3.8) is 0 Å². The summed E-state index contributed by atoms with van der Waals surface area (Å²) in [5.41, 5.74) is 7.84. The van der Waals surface area contributed by atoms with Crippen molar-refractivity contribution < 1.29 is 9.18 Å². The number of halogens is 1. The van der Waals surface area contributed by atoms with Crippen molar-refractivity contribution in [2.24, 2.45) is 5.92 Å². The summed E-state index contributed by atoms with van der Waals surface area (Å²) in [7, 11) is 0. The number of nitrogens with zero attached hydrogens (tertiary/aromatic N) is 4. The van der Waals surface area contributed by atoms with Gasteiger partial charge in [-0.05, 0) is 116 Å². The first-order valence-corrected chi connectivity index (χ1v) is 13.0. The minimum absolute atomic E-state index is 0.00361. The molecular weight excluding hydrogens is 463 g/mol. The summed E-state index contributed by atoms with van der Waals surface area (Å²) >= 11 is 0. The summed E-state index contributed by atoms with van der Waals surface area (Å²) in [6, 6.07) is 13.3. The van der Waals surface area contributed by atoms with Gasteiger partial charge in [0.2, 0.25) is 0 Å². The van der Waals surface area contributed by atoms with Crippen LogP contribution < -0.4 is 0 Å². The highest BCUT2D eigenvalue weighted by atomic mass is 19.1. The van der Waals surface area contributed by atoms with Crippen LogP contribution in [0.2, 0.25) is 0 Å². The van der Waals surface area contributed by atoms with E-state index in [1.165, 1.54) is 6.07 Å². The number of imidazole rings is 1. The zero-order valence-corrected chi connectivity index (χ0v) is 21.5. The molecule has 0 N–H and O–H groups in total. The number of aryl methyl sites for hydroxylation is 3. The molecule has 2 aliphatic rings. The van der Waals surface area contributed by atoms with Crippen molar-refractivity contribution >= 4 is 5.91 Å².